The van der Waals surface area contributed by atoms with E-state index in [4.69, 9.17) is 27.4 Å². The normalized spacial score (nSPS) is 12.1. The van der Waals surface area contributed by atoms with Gasteiger partial charge in [-0.3, -0.25) is 13.7 Å². The molecule has 0 spiro atoms. The molecule has 0 atom stereocenters. The first-order valence-corrected chi connectivity index (χ1v) is 10.1. The number of amides is 1. The van der Waals surface area contributed by atoms with E-state index in [1.54, 1.807) is 0 Å². The number of carbonyl (C=O) groups is 1. The molecular formula is C17H15Cl2F3N2O4S. The van der Waals surface area contributed by atoms with Crippen LogP contribution in [0.5, 0.6) is 0 Å². The zero-order valence-corrected chi connectivity index (χ0v) is 17.3. The molecule has 2 aromatic carbocycles. The fourth-order valence-corrected chi connectivity index (χ4v) is 3.59. The predicted octanol–water partition coefficient (Wildman–Crippen LogP) is 5.35. The van der Waals surface area contributed by atoms with Crippen molar-refractivity contribution in [3.05, 3.63) is 57.6 Å². The van der Waals surface area contributed by atoms with Crippen LogP contribution in [0.1, 0.15) is 29.8 Å². The first-order valence-electron chi connectivity index (χ1n) is 7.97. The van der Waals surface area contributed by atoms with Crippen LogP contribution >= 0.6 is 23.2 Å². The molecule has 0 unspecified atom stereocenters. The topological polar surface area (TPSA) is 84.5 Å². The minimum Gasteiger partial charge on any atom is -0.321 e. The Bertz CT molecular complexity index is 1030. The van der Waals surface area contributed by atoms with Gasteiger partial charge in [-0.15, -0.1) is 0 Å². The Balaban J connectivity index is 2.33. The van der Waals surface area contributed by atoms with E-state index in [0.717, 1.165) is 12.1 Å². The van der Waals surface area contributed by atoms with Crippen LogP contribution < -0.4 is 10.0 Å². The van der Waals surface area contributed by atoms with Gasteiger partial charge in [-0.2, -0.15) is 21.6 Å². The Kier molecular flexibility index (Phi) is 7.05. The van der Waals surface area contributed by atoms with E-state index in [0.29, 0.717) is 6.07 Å². The van der Waals surface area contributed by atoms with Gasteiger partial charge in [-0.1, -0.05) is 23.2 Å². The minimum atomic E-state index is -4.60. The second kappa shape index (κ2) is 8.78. The molecule has 0 saturated carbocycles. The second-order valence-electron chi connectivity index (χ2n) is 6.04. The van der Waals surface area contributed by atoms with Gasteiger partial charge in [-0.25, -0.2) is 0 Å². The molecule has 12 heteroatoms. The lowest BCUT2D eigenvalue weighted by molar-refractivity contribution is -0.137. The van der Waals surface area contributed by atoms with Crippen molar-refractivity contribution in [3.8, 4) is 0 Å². The van der Waals surface area contributed by atoms with E-state index in [9.17, 15) is 26.4 Å². The summed E-state index contributed by atoms with van der Waals surface area (Å²) in [6.45, 7) is 3.00. The van der Waals surface area contributed by atoms with Crippen LogP contribution in [-0.4, -0.2) is 20.4 Å². The fourth-order valence-electron chi connectivity index (χ4n) is 2.19. The number of benzene rings is 2. The van der Waals surface area contributed by atoms with Crippen LogP contribution in [-0.2, 0) is 20.7 Å². The summed E-state index contributed by atoms with van der Waals surface area (Å²) in [5, 5.41) is 2.11. The number of anilines is 2. The van der Waals surface area contributed by atoms with Gasteiger partial charge in [0, 0.05) is 5.02 Å². The zero-order chi connectivity index (χ0) is 22.0. The fraction of sp³-hybridized carbons (Fsp3) is 0.235. The zero-order valence-electron chi connectivity index (χ0n) is 15.0. The quantitative estimate of drug-likeness (QED) is 0.595. The van der Waals surface area contributed by atoms with E-state index in [1.807, 2.05) is 0 Å². The van der Waals surface area contributed by atoms with Gasteiger partial charge < -0.3 is 5.32 Å². The predicted molar refractivity (Wildman–Crippen MR) is 105 cm³/mol. The third-order valence-electron chi connectivity index (χ3n) is 3.32. The van der Waals surface area contributed by atoms with Crippen molar-refractivity contribution >= 4 is 50.8 Å². The van der Waals surface area contributed by atoms with E-state index in [-0.39, 0.29) is 27.0 Å². The molecule has 6 nitrogen and oxygen atoms in total. The Hall–Kier alpha value is -2.01. The van der Waals surface area contributed by atoms with Crippen LogP contribution in [0.2, 0.25) is 10.0 Å². The number of carbonyl (C=O) groups excluding carboxylic acids is 1. The maximum atomic E-state index is 12.7. The van der Waals surface area contributed by atoms with Gasteiger partial charge >= 0.3 is 16.5 Å². The molecule has 158 valence electrons. The summed E-state index contributed by atoms with van der Waals surface area (Å²) in [6, 6.07) is 6.17. The molecule has 29 heavy (non-hydrogen) atoms. The van der Waals surface area contributed by atoms with Gasteiger partial charge in [0.1, 0.15) is 0 Å². The summed E-state index contributed by atoms with van der Waals surface area (Å²) in [4.78, 5) is 12.6. The van der Waals surface area contributed by atoms with Crippen molar-refractivity contribution in [2.24, 2.45) is 0 Å². The van der Waals surface area contributed by atoms with Crippen LogP contribution in [0, 0.1) is 0 Å². The molecule has 2 aromatic rings. The third-order valence-corrected chi connectivity index (χ3v) is 4.98. The Morgan fingerprint density at radius 1 is 1.07 bits per heavy atom. The molecule has 1 amide bonds. The maximum Gasteiger partial charge on any atom is 0.416 e. The molecule has 0 saturated heterocycles. The van der Waals surface area contributed by atoms with E-state index < -0.39 is 34.1 Å². The van der Waals surface area contributed by atoms with E-state index in [2.05, 4.69) is 10.0 Å². The van der Waals surface area contributed by atoms with Gasteiger partial charge in [0.2, 0.25) is 0 Å². The van der Waals surface area contributed by atoms with Crippen molar-refractivity contribution in [3.63, 3.8) is 0 Å². The monoisotopic (exact) mass is 470 g/mol. The van der Waals surface area contributed by atoms with E-state index in [1.165, 1.54) is 32.0 Å². The van der Waals surface area contributed by atoms with Gasteiger partial charge in [0.25, 0.3) is 5.91 Å². The van der Waals surface area contributed by atoms with E-state index >= 15 is 0 Å². The third kappa shape index (κ3) is 6.49. The Labute approximate surface area is 175 Å². The van der Waals surface area contributed by atoms with Gasteiger partial charge in [0.15, 0.2) is 0 Å². The number of halogens is 5. The molecule has 0 aliphatic carbocycles. The highest BCUT2D eigenvalue weighted by molar-refractivity contribution is 7.88. The summed E-state index contributed by atoms with van der Waals surface area (Å²) >= 11 is 11.7. The van der Waals surface area contributed by atoms with Crippen molar-refractivity contribution in [2.45, 2.75) is 26.1 Å². The Morgan fingerprint density at radius 2 is 1.69 bits per heavy atom. The minimum absolute atomic E-state index is 0.100. The molecule has 0 bridgehead atoms. The molecule has 2 rings (SSSR count). The van der Waals surface area contributed by atoms with Crippen molar-refractivity contribution in [1.82, 2.24) is 0 Å². The number of nitrogens with one attached hydrogen (secondary N) is 2. The SMILES string of the molecule is CC(C)OS(=O)(=O)Nc1ccc(Cl)cc1C(=O)Nc1ccc(C(F)(F)F)cc1Cl. The summed E-state index contributed by atoms with van der Waals surface area (Å²) in [7, 11) is -4.23. The number of hydrogen-bond donors (Lipinski definition) is 2. The summed E-state index contributed by atoms with van der Waals surface area (Å²) < 4.78 is 69.0. The first-order chi connectivity index (χ1) is 13.3. The lowest BCUT2D eigenvalue weighted by atomic mass is 10.1. The highest BCUT2D eigenvalue weighted by atomic mass is 35.5. The second-order valence-corrected chi connectivity index (χ2v) is 8.19. The standard InChI is InChI=1S/C17H15Cl2F3N2O4S/c1-9(2)28-29(26,27)24-14-6-4-11(18)8-12(14)16(25)23-15-5-3-10(7-13(15)19)17(20,21)22/h3-9,24H,1-2H3,(H,23,25). The molecule has 0 aliphatic rings. The number of hydrogen-bond acceptors (Lipinski definition) is 4. The smallest absolute Gasteiger partial charge is 0.321 e. The van der Waals surface area contributed by atoms with Crippen molar-refractivity contribution in [2.75, 3.05) is 10.0 Å². The van der Waals surface area contributed by atoms with Crippen molar-refractivity contribution in [1.29, 1.82) is 0 Å². The average Bonchev–Trinajstić information content (AvgIpc) is 2.55. The lowest BCUT2D eigenvalue weighted by Crippen LogP contribution is -2.22. The summed E-state index contributed by atoms with van der Waals surface area (Å²) in [5.41, 5.74) is -1.42. The van der Waals surface area contributed by atoms with Crippen LogP contribution in [0.4, 0.5) is 24.5 Å². The number of rotatable bonds is 6. The summed E-state index contributed by atoms with van der Waals surface area (Å²) in [6.07, 6.45) is -5.25. The highest BCUT2D eigenvalue weighted by Gasteiger charge is 2.31. The molecule has 0 aliphatic heterocycles. The molecular weight excluding hydrogens is 456 g/mol. The Morgan fingerprint density at radius 3 is 2.24 bits per heavy atom. The molecule has 0 fully saturated rings. The van der Waals surface area contributed by atoms with Crippen molar-refractivity contribution < 1.29 is 30.6 Å². The summed E-state index contributed by atoms with van der Waals surface area (Å²) in [5.74, 6) is -0.851. The first kappa shape index (κ1) is 23.3. The van der Waals surface area contributed by atoms with Crippen LogP contribution in [0.25, 0.3) is 0 Å². The molecule has 0 aromatic heterocycles. The lowest BCUT2D eigenvalue weighted by Gasteiger charge is -2.15. The molecule has 0 radical (unpaired) electrons. The largest absolute Gasteiger partial charge is 0.416 e. The van der Waals surface area contributed by atoms with Crippen LogP contribution in [0.3, 0.4) is 0 Å². The molecule has 2 N–H and O–H groups in total. The van der Waals surface area contributed by atoms with Gasteiger partial charge in [0.05, 0.1) is 33.6 Å². The average molecular weight is 471 g/mol. The van der Waals surface area contributed by atoms with Gasteiger partial charge in [-0.05, 0) is 50.2 Å². The van der Waals surface area contributed by atoms with Crippen LogP contribution in [0.15, 0.2) is 36.4 Å². The number of alkyl halides is 3. The maximum absolute atomic E-state index is 12.7. The highest BCUT2D eigenvalue weighted by Crippen LogP contribution is 2.34. The molecule has 0 heterocycles.